The molecule has 0 bridgehead atoms. The van der Waals surface area contributed by atoms with E-state index in [9.17, 15) is 27.6 Å². The Morgan fingerprint density at radius 1 is 0.797 bits per heavy atom. The van der Waals surface area contributed by atoms with Crippen LogP contribution < -0.4 is 36.1 Å². The number of benzene rings is 4. The van der Waals surface area contributed by atoms with Gasteiger partial charge in [0.2, 0.25) is 11.9 Å². The molecular weight excluding hydrogens is 791 g/mol. The Morgan fingerprint density at radius 3 is 2.05 bits per heavy atom. The SMILES string of the molecule is CC(C)(CNC(=O)C(=O)Nc1ccc(C=N)cc1)CNC(=O)c1ccc(Nc2nc(NC3(c4ccc(Cl)cc4)CC3)nc(OCc3ccc(OC(F)(F)F)cc3)n2)cc1. The molecule has 1 aliphatic rings. The van der Waals surface area contributed by atoms with Gasteiger partial charge in [-0.2, -0.15) is 15.0 Å². The highest BCUT2D eigenvalue weighted by Gasteiger charge is 2.45. The molecule has 0 spiro atoms. The minimum absolute atomic E-state index is 0.0579. The summed E-state index contributed by atoms with van der Waals surface area (Å²) in [7, 11) is 0. The van der Waals surface area contributed by atoms with Crippen molar-refractivity contribution >= 4 is 58.8 Å². The van der Waals surface area contributed by atoms with E-state index in [0.717, 1.165) is 18.4 Å². The Hall–Kier alpha value is -6.75. The molecule has 14 nitrogen and oxygen atoms in total. The standard InChI is InChI=1S/C41H39ClF3N9O5/c1-39(2,24-48-34(56)35(57)49-30-13-3-25(21-46)4-14-30)23-47-33(55)27-7-15-31(16-8-27)50-36-51-37(54-40(19-20-40)28-9-11-29(42)12-10-28)53-38(52-36)58-22-26-5-17-32(18-6-26)59-41(43,44)45/h3-18,21,46H,19-20,22-24H2,1-2H3,(H,47,55)(H,48,56)(H,49,57)(H2,50,51,52,53,54). The molecule has 0 unspecified atom stereocenters. The van der Waals surface area contributed by atoms with Crippen LogP contribution in [0, 0.1) is 10.8 Å². The van der Waals surface area contributed by atoms with E-state index in [1.807, 2.05) is 26.0 Å². The normalized spacial score (nSPS) is 13.1. The molecule has 1 saturated carbocycles. The van der Waals surface area contributed by atoms with Crippen molar-refractivity contribution in [3.05, 3.63) is 124 Å². The number of nitrogens with one attached hydrogen (secondary N) is 6. The van der Waals surface area contributed by atoms with Gasteiger partial charge in [0.1, 0.15) is 12.4 Å². The number of aromatic nitrogens is 3. The molecule has 18 heteroatoms. The van der Waals surface area contributed by atoms with Crippen LogP contribution in [0.4, 0.5) is 36.4 Å². The lowest BCUT2D eigenvalue weighted by molar-refractivity contribution is -0.274. The van der Waals surface area contributed by atoms with Gasteiger partial charge in [0.25, 0.3) is 5.91 Å². The third-order valence-electron chi connectivity index (χ3n) is 9.04. The van der Waals surface area contributed by atoms with Crippen LogP contribution in [-0.2, 0) is 21.7 Å². The smallest absolute Gasteiger partial charge is 0.458 e. The number of hydrogen-bond acceptors (Lipinski definition) is 11. The number of halogens is 4. The molecule has 0 radical (unpaired) electrons. The van der Waals surface area contributed by atoms with Crippen LogP contribution in [0.2, 0.25) is 5.02 Å². The van der Waals surface area contributed by atoms with Gasteiger partial charge in [0.15, 0.2) is 0 Å². The average Bonchev–Trinajstić information content (AvgIpc) is 3.99. The van der Waals surface area contributed by atoms with Crippen LogP contribution in [0.25, 0.3) is 0 Å². The van der Waals surface area contributed by atoms with Gasteiger partial charge >= 0.3 is 24.2 Å². The number of carbonyl (C=O) groups is 3. The highest BCUT2D eigenvalue weighted by Crippen LogP contribution is 2.48. The summed E-state index contributed by atoms with van der Waals surface area (Å²) in [5.41, 5.74) is 2.45. The zero-order chi connectivity index (χ0) is 42.2. The molecule has 306 valence electrons. The summed E-state index contributed by atoms with van der Waals surface area (Å²) in [5, 5.41) is 22.3. The summed E-state index contributed by atoms with van der Waals surface area (Å²) < 4.78 is 47.6. The molecule has 3 amide bonds. The molecule has 1 fully saturated rings. The zero-order valence-corrected chi connectivity index (χ0v) is 32.5. The zero-order valence-electron chi connectivity index (χ0n) is 31.7. The molecule has 5 aromatic rings. The van der Waals surface area contributed by atoms with E-state index in [1.165, 1.54) is 30.5 Å². The number of carbonyl (C=O) groups excluding carboxylic acids is 3. The Balaban J connectivity index is 1.07. The molecule has 1 aliphatic carbocycles. The van der Waals surface area contributed by atoms with Gasteiger partial charge in [-0.3, -0.25) is 14.4 Å². The Bertz CT molecular complexity index is 2290. The number of rotatable bonds is 16. The van der Waals surface area contributed by atoms with E-state index in [-0.39, 0.29) is 49.3 Å². The number of amides is 3. The third kappa shape index (κ3) is 12.1. The Labute approximate surface area is 341 Å². The first-order valence-corrected chi connectivity index (χ1v) is 18.6. The fourth-order valence-corrected chi connectivity index (χ4v) is 5.76. The van der Waals surface area contributed by atoms with E-state index in [2.05, 4.69) is 46.3 Å². The number of ether oxygens (including phenoxy) is 2. The first-order chi connectivity index (χ1) is 28.1. The summed E-state index contributed by atoms with van der Waals surface area (Å²) in [4.78, 5) is 51.3. The molecule has 6 N–H and O–H groups in total. The molecular formula is C41H39ClF3N9O5. The van der Waals surface area contributed by atoms with Crippen LogP contribution in [0.3, 0.4) is 0 Å². The van der Waals surface area contributed by atoms with Gasteiger partial charge < -0.3 is 41.5 Å². The lowest BCUT2D eigenvalue weighted by Crippen LogP contribution is -2.44. The van der Waals surface area contributed by atoms with E-state index < -0.39 is 29.1 Å². The largest absolute Gasteiger partial charge is 0.573 e. The van der Waals surface area contributed by atoms with Crippen molar-refractivity contribution in [2.75, 3.05) is 29.0 Å². The van der Waals surface area contributed by atoms with Crippen molar-refractivity contribution in [1.82, 2.24) is 25.6 Å². The maximum Gasteiger partial charge on any atom is 0.573 e. The highest BCUT2D eigenvalue weighted by molar-refractivity contribution is 6.39. The van der Waals surface area contributed by atoms with E-state index in [0.29, 0.717) is 33.1 Å². The summed E-state index contributed by atoms with van der Waals surface area (Å²) in [6, 6.07) is 25.6. The third-order valence-corrected chi connectivity index (χ3v) is 9.29. The molecule has 6 rings (SSSR count). The van der Waals surface area contributed by atoms with Crippen LogP contribution in [-0.4, -0.2) is 58.3 Å². The van der Waals surface area contributed by atoms with Crippen LogP contribution in [0.15, 0.2) is 97.1 Å². The first-order valence-electron chi connectivity index (χ1n) is 18.2. The molecule has 0 aliphatic heterocycles. The molecule has 59 heavy (non-hydrogen) atoms. The molecule has 4 aromatic carbocycles. The van der Waals surface area contributed by atoms with E-state index in [4.69, 9.17) is 21.7 Å². The number of nitrogens with zero attached hydrogens (tertiary/aromatic N) is 3. The van der Waals surface area contributed by atoms with Gasteiger partial charge in [-0.1, -0.05) is 61.8 Å². The molecule has 1 aromatic heterocycles. The molecule has 0 saturated heterocycles. The van der Waals surface area contributed by atoms with Crippen molar-refractivity contribution in [3.63, 3.8) is 0 Å². The predicted molar refractivity (Wildman–Crippen MR) is 215 cm³/mol. The van der Waals surface area contributed by atoms with Gasteiger partial charge in [0, 0.05) is 41.3 Å². The fraction of sp³-hybridized carbons (Fsp3) is 0.244. The van der Waals surface area contributed by atoms with Crippen molar-refractivity contribution in [2.24, 2.45) is 5.41 Å². The van der Waals surface area contributed by atoms with E-state index >= 15 is 0 Å². The summed E-state index contributed by atoms with van der Waals surface area (Å²) in [5.74, 6) is -2.06. The van der Waals surface area contributed by atoms with Crippen molar-refractivity contribution < 1.29 is 37.0 Å². The van der Waals surface area contributed by atoms with Gasteiger partial charge in [-0.05, 0) is 95.6 Å². The molecule has 1 heterocycles. The van der Waals surface area contributed by atoms with Crippen molar-refractivity contribution in [1.29, 1.82) is 5.41 Å². The first kappa shape index (κ1) is 41.9. The maximum absolute atomic E-state index is 13.1. The summed E-state index contributed by atoms with van der Waals surface area (Å²) >= 11 is 6.11. The second kappa shape index (κ2) is 17.8. The minimum Gasteiger partial charge on any atom is -0.458 e. The Kier molecular flexibility index (Phi) is 12.6. The van der Waals surface area contributed by atoms with Gasteiger partial charge in [-0.25, -0.2) is 0 Å². The van der Waals surface area contributed by atoms with Crippen molar-refractivity contribution in [2.45, 2.75) is 45.2 Å². The lowest BCUT2D eigenvalue weighted by atomic mass is 9.93. The monoisotopic (exact) mass is 829 g/mol. The fourth-order valence-electron chi connectivity index (χ4n) is 5.63. The topological polar surface area (TPSA) is 192 Å². The maximum atomic E-state index is 13.1. The lowest BCUT2D eigenvalue weighted by Gasteiger charge is -2.25. The van der Waals surface area contributed by atoms with E-state index in [1.54, 1.807) is 60.7 Å². The van der Waals surface area contributed by atoms with Crippen LogP contribution in [0.1, 0.15) is 53.7 Å². The number of alkyl halides is 3. The number of hydrogen-bond donors (Lipinski definition) is 6. The van der Waals surface area contributed by atoms with Gasteiger partial charge in [-0.15, -0.1) is 13.2 Å². The summed E-state index contributed by atoms with van der Waals surface area (Å²) in [6.07, 6.45) is -2.03. The van der Waals surface area contributed by atoms with Gasteiger partial charge in [0.05, 0.1) is 5.54 Å². The number of anilines is 4. The average molecular weight is 830 g/mol. The van der Waals surface area contributed by atoms with Crippen LogP contribution >= 0.6 is 11.6 Å². The van der Waals surface area contributed by atoms with Crippen molar-refractivity contribution in [3.8, 4) is 11.8 Å². The quantitative estimate of drug-likeness (QED) is 0.0433. The van der Waals surface area contributed by atoms with Crippen LogP contribution in [0.5, 0.6) is 11.8 Å². The highest BCUT2D eigenvalue weighted by atomic mass is 35.5. The minimum atomic E-state index is -4.81. The second-order valence-corrected chi connectivity index (χ2v) is 14.8. The molecule has 0 atom stereocenters. The second-order valence-electron chi connectivity index (χ2n) is 14.4. The predicted octanol–water partition coefficient (Wildman–Crippen LogP) is 7.36. The Morgan fingerprint density at radius 2 is 1.42 bits per heavy atom. The summed E-state index contributed by atoms with van der Waals surface area (Å²) in [6.45, 7) is 3.88.